The van der Waals surface area contributed by atoms with E-state index in [0.29, 0.717) is 23.8 Å². The Morgan fingerprint density at radius 2 is 1.88 bits per heavy atom. The lowest BCUT2D eigenvalue weighted by atomic mass is 9.97. The summed E-state index contributed by atoms with van der Waals surface area (Å²) in [5.74, 6) is 1.68. The number of nitrogens with zero attached hydrogens (tertiary/aromatic N) is 1. The third-order valence-electron chi connectivity index (χ3n) is 6.43. The second-order valence-corrected chi connectivity index (χ2v) is 8.75. The average Bonchev–Trinajstić information content (AvgIpc) is 3.12. The summed E-state index contributed by atoms with van der Waals surface area (Å²) < 4.78 is 10.8. The smallest absolute Gasteiger partial charge is 0.189 e. The first-order chi connectivity index (χ1) is 15.6. The molecule has 4 nitrogen and oxygen atoms in total. The maximum Gasteiger partial charge on any atom is 0.189 e. The van der Waals surface area contributed by atoms with E-state index < -0.39 is 0 Å². The Labute approximate surface area is 191 Å². The first-order valence-electron chi connectivity index (χ1n) is 11.6. The van der Waals surface area contributed by atoms with Crippen molar-refractivity contribution in [3.8, 4) is 11.5 Å². The summed E-state index contributed by atoms with van der Waals surface area (Å²) in [7, 11) is 3.22. The molecule has 0 N–H and O–H groups in total. The number of carbonyl (C=O) groups is 1. The van der Waals surface area contributed by atoms with Crippen molar-refractivity contribution in [2.75, 3.05) is 20.8 Å². The molecule has 1 heterocycles. The van der Waals surface area contributed by atoms with E-state index in [9.17, 15) is 4.79 Å². The molecule has 0 fully saturated rings. The van der Waals surface area contributed by atoms with Gasteiger partial charge in [0, 0.05) is 30.6 Å². The molecule has 32 heavy (non-hydrogen) atoms. The van der Waals surface area contributed by atoms with E-state index >= 15 is 0 Å². The third kappa shape index (κ3) is 4.90. The van der Waals surface area contributed by atoms with Gasteiger partial charge in [-0.25, -0.2) is 0 Å². The normalized spacial score (nSPS) is 18.8. The lowest BCUT2D eigenvalue weighted by molar-refractivity contribution is 0.103. The highest BCUT2D eigenvalue weighted by Gasteiger charge is 2.28. The predicted octanol–water partition coefficient (Wildman–Crippen LogP) is 5.75. The number of aryl methyl sites for hydroxylation is 1. The summed E-state index contributed by atoms with van der Waals surface area (Å²) in [4.78, 5) is 15.3. The number of allylic oxidation sites excluding steroid dienone is 3. The number of unbranched alkanes of at least 4 members (excludes halogenated alkanes) is 1. The number of rotatable bonds is 8. The topological polar surface area (TPSA) is 38.8 Å². The third-order valence-corrected chi connectivity index (χ3v) is 6.43. The van der Waals surface area contributed by atoms with Crippen LogP contribution in [0.15, 0.2) is 60.3 Å². The zero-order valence-electron chi connectivity index (χ0n) is 19.4. The summed E-state index contributed by atoms with van der Waals surface area (Å²) in [5.41, 5.74) is 5.42. The Morgan fingerprint density at radius 3 is 2.59 bits per heavy atom. The Morgan fingerprint density at radius 1 is 1.09 bits per heavy atom. The van der Waals surface area contributed by atoms with Gasteiger partial charge in [-0.05, 0) is 60.2 Å². The van der Waals surface area contributed by atoms with Crippen molar-refractivity contribution in [1.82, 2.24) is 4.90 Å². The second-order valence-electron chi connectivity index (χ2n) is 8.75. The molecule has 2 aromatic rings. The van der Waals surface area contributed by atoms with Crippen LogP contribution >= 0.6 is 0 Å². The van der Waals surface area contributed by atoms with Gasteiger partial charge in [-0.15, -0.1) is 0 Å². The van der Waals surface area contributed by atoms with Gasteiger partial charge in [0.2, 0.25) is 0 Å². The molecular formula is C28H33NO3. The van der Waals surface area contributed by atoms with Crippen molar-refractivity contribution in [2.45, 2.75) is 45.6 Å². The fraction of sp³-hybridized carbons (Fsp3) is 0.393. The molecule has 1 aliphatic carbocycles. The molecule has 0 spiro atoms. The van der Waals surface area contributed by atoms with E-state index in [1.807, 2.05) is 12.1 Å². The first kappa shape index (κ1) is 22.2. The van der Waals surface area contributed by atoms with Crippen LogP contribution in [0.25, 0.3) is 0 Å². The number of benzene rings is 2. The van der Waals surface area contributed by atoms with E-state index in [2.05, 4.69) is 54.4 Å². The van der Waals surface area contributed by atoms with Crippen LogP contribution in [0, 0.1) is 5.92 Å². The lowest BCUT2D eigenvalue weighted by Crippen LogP contribution is -2.24. The Hall–Kier alpha value is -3.01. The fourth-order valence-electron chi connectivity index (χ4n) is 4.62. The largest absolute Gasteiger partial charge is 0.493 e. The molecule has 0 amide bonds. The molecule has 0 radical (unpaired) electrons. The van der Waals surface area contributed by atoms with Crippen LogP contribution in [-0.4, -0.2) is 31.4 Å². The highest BCUT2D eigenvalue weighted by atomic mass is 16.5. The Kier molecular flexibility index (Phi) is 6.99. The molecule has 4 rings (SSSR count). The Balaban J connectivity index is 1.40. The number of ketones is 1. The predicted molar refractivity (Wildman–Crippen MR) is 128 cm³/mol. The molecule has 0 saturated heterocycles. The molecule has 1 atom stereocenters. The van der Waals surface area contributed by atoms with E-state index in [4.69, 9.17) is 9.47 Å². The summed E-state index contributed by atoms with van der Waals surface area (Å²) in [6, 6.07) is 12.7. The van der Waals surface area contributed by atoms with Crippen molar-refractivity contribution in [2.24, 2.45) is 5.92 Å². The van der Waals surface area contributed by atoms with E-state index in [1.165, 1.54) is 24.0 Å². The summed E-state index contributed by atoms with van der Waals surface area (Å²) in [5, 5.41) is 0. The van der Waals surface area contributed by atoms with Crippen molar-refractivity contribution in [1.29, 1.82) is 0 Å². The number of Topliss-reactive ketones (excluding diaryl/α,β-unsaturated/α-hetero) is 1. The molecule has 1 aliphatic heterocycles. The molecule has 4 heteroatoms. The van der Waals surface area contributed by atoms with Gasteiger partial charge in [0.25, 0.3) is 0 Å². The zero-order chi connectivity index (χ0) is 22.5. The van der Waals surface area contributed by atoms with E-state index in [1.54, 1.807) is 14.2 Å². The van der Waals surface area contributed by atoms with Gasteiger partial charge in [0.15, 0.2) is 17.3 Å². The molecular weight excluding hydrogens is 398 g/mol. The SMILES string of the molecule is CCCCc1cccc(CN2C=CC(/C=C3\Cc4cc(OC)c(OC)cc4C3=O)CC2)c1. The van der Waals surface area contributed by atoms with Crippen LogP contribution in [0.4, 0.5) is 0 Å². The summed E-state index contributed by atoms with van der Waals surface area (Å²) in [6.45, 7) is 4.16. The monoisotopic (exact) mass is 431 g/mol. The number of carbonyl (C=O) groups excluding carboxylic acids is 1. The van der Waals surface area contributed by atoms with E-state index in [-0.39, 0.29) is 5.78 Å². The second kappa shape index (κ2) is 10.1. The molecule has 168 valence electrons. The standard InChI is InChI=1S/C28H33NO3/c1-4-5-7-20-8-6-9-22(14-20)19-29-12-10-21(11-13-29)15-24-16-23-17-26(31-2)27(32-3)18-25(23)28(24)30/h6,8-10,12,14-15,17-18,21H,4-5,7,11,13,16,19H2,1-3H3/b24-15+. The first-order valence-corrected chi connectivity index (χ1v) is 11.6. The van der Waals surface area contributed by atoms with Gasteiger partial charge in [-0.2, -0.15) is 0 Å². The number of methoxy groups -OCH3 is 2. The minimum Gasteiger partial charge on any atom is -0.493 e. The van der Waals surface area contributed by atoms with Gasteiger partial charge in [-0.3, -0.25) is 4.79 Å². The minimum absolute atomic E-state index is 0.112. The zero-order valence-corrected chi connectivity index (χ0v) is 19.4. The molecule has 0 aromatic heterocycles. The molecule has 1 unspecified atom stereocenters. The van der Waals surface area contributed by atoms with Gasteiger partial charge >= 0.3 is 0 Å². The molecule has 2 aromatic carbocycles. The van der Waals surface area contributed by atoms with Gasteiger partial charge in [0.05, 0.1) is 14.2 Å². The quantitative estimate of drug-likeness (QED) is 0.499. The van der Waals surface area contributed by atoms with Crippen molar-refractivity contribution >= 4 is 5.78 Å². The lowest BCUT2D eigenvalue weighted by Gasteiger charge is -2.27. The summed E-state index contributed by atoms with van der Waals surface area (Å²) in [6.07, 6.45) is 11.9. The van der Waals surface area contributed by atoms with Gasteiger partial charge < -0.3 is 14.4 Å². The molecule has 0 saturated carbocycles. The highest BCUT2D eigenvalue weighted by Crippen LogP contribution is 2.37. The maximum absolute atomic E-state index is 13.0. The molecule has 0 bridgehead atoms. The van der Waals surface area contributed by atoms with Crippen LogP contribution in [0.5, 0.6) is 11.5 Å². The minimum atomic E-state index is 0.112. The van der Waals surface area contributed by atoms with E-state index in [0.717, 1.165) is 42.6 Å². The van der Waals surface area contributed by atoms with Crippen molar-refractivity contribution in [3.63, 3.8) is 0 Å². The van der Waals surface area contributed by atoms with Gasteiger partial charge in [-0.1, -0.05) is 49.8 Å². The number of hydrogen-bond donors (Lipinski definition) is 0. The molecule has 2 aliphatic rings. The van der Waals surface area contributed by atoms with Crippen molar-refractivity contribution < 1.29 is 14.3 Å². The summed E-state index contributed by atoms with van der Waals surface area (Å²) >= 11 is 0. The van der Waals surface area contributed by atoms with Crippen LogP contribution in [-0.2, 0) is 19.4 Å². The highest BCUT2D eigenvalue weighted by molar-refractivity contribution is 6.13. The van der Waals surface area contributed by atoms with Crippen LogP contribution < -0.4 is 9.47 Å². The number of ether oxygens (including phenoxy) is 2. The van der Waals surface area contributed by atoms with Crippen LogP contribution in [0.1, 0.15) is 53.2 Å². The number of hydrogen-bond acceptors (Lipinski definition) is 4. The van der Waals surface area contributed by atoms with Crippen LogP contribution in [0.3, 0.4) is 0 Å². The van der Waals surface area contributed by atoms with Gasteiger partial charge in [0.1, 0.15) is 0 Å². The maximum atomic E-state index is 13.0. The fourth-order valence-corrected chi connectivity index (χ4v) is 4.62. The Bertz CT molecular complexity index is 1040. The van der Waals surface area contributed by atoms with Crippen LogP contribution in [0.2, 0.25) is 0 Å². The number of fused-ring (bicyclic) bond motifs is 1. The average molecular weight is 432 g/mol. The van der Waals surface area contributed by atoms with Crippen molar-refractivity contribution in [3.05, 3.63) is 82.6 Å².